The van der Waals surface area contributed by atoms with E-state index in [9.17, 15) is 4.79 Å². The fourth-order valence-corrected chi connectivity index (χ4v) is 3.37. The number of nitrogens with one attached hydrogen (secondary N) is 1. The molecule has 0 saturated carbocycles. The van der Waals surface area contributed by atoms with E-state index in [-0.39, 0.29) is 17.1 Å². The van der Waals surface area contributed by atoms with Crippen LogP contribution in [0.4, 0.5) is 5.95 Å². The molecular formula is C23H15ClN4O2. The van der Waals surface area contributed by atoms with Gasteiger partial charge in [-0.15, -0.1) is 0 Å². The molecule has 0 atom stereocenters. The number of benzene rings is 3. The van der Waals surface area contributed by atoms with Crippen LogP contribution in [-0.4, -0.2) is 15.8 Å². The van der Waals surface area contributed by atoms with Gasteiger partial charge in [-0.2, -0.15) is 5.10 Å². The van der Waals surface area contributed by atoms with E-state index in [0.29, 0.717) is 21.8 Å². The fourth-order valence-electron chi connectivity index (χ4n) is 3.25. The summed E-state index contributed by atoms with van der Waals surface area (Å²) < 4.78 is 7.26. The van der Waals surface area contributed by atoms with Gasteiger partial charge >= 0.3 is 5.56 Å². The molecule has 5 aromatic rings. The minimum Gasteiger partial charge on any atom is -0.448 e. The molecule has 5 rings (SSSR count). The van der Waals surface area contributed by atoms with Crippen molar-refractivity contribution in [2.45, 2.75) is 0 Å². The molecule has 3 aromatic carbocycles. The fraction of sp³-hybridized carbons (Fsp3) is 0. The number of rotatable bonds is 4. The average Bonchev–Trinajstić information content (AvgIpc) is 3.15. The van der Waals surface area contributed by atoms with E-state index in [1.165, 1.54) is 4.57 Å². The Morgan fingerprint density at radius 1 is 0.967 bits per heavy atom. The van der Waals surface area contributed by atoms with Crippen molar-refractivity contribution >= 4 is 45.8 Å². The molecule has 2 aromatic heterocycles. The van der Waals surface area contributed by atoms with Gasteiger partial charge < -0.3 is 4.42 Å². The molecule has 0 unspecified atom stereocenters. The van der Waals surface area contributed by atoms with Gasteiger partial charge in [0.1, 0.15) is 11.1 Å². The Morgan fingerprint density at radius 2 is 1.70 bits per heavy atom. The molecule has 6 nitrogen and oxygen atoms in total. The van der Waals surface area contributed by atoms with E-state index in [2.05, 4.69) is 15.5 Å². The molecule has 0 saturated heterocycles. The lowest BCUT2D eigenvalue weighted by Crippen LogP contribution is -2.22. The maximum atomic E-state index is 13.3. The number of furan rings is 1. The smallest absolute Gasteiger partial charge is 0.303 e. The largest absolute Gasteiger partial charge is 0.448 e. The highest BCUT2D eigenvalue weighted by molar-refractivity contribution is 6.30. The molecule has 0 aliphatic carbocycles. The summed E-state index contributed by atoms with van der Waals surface area (Å²) in [5.74, 6) is 0.287. The van der Waals surface area contributed by atoms with Crippen LogP contribution in [0, 0.1) is 0 Å². The Morgan fingerprint density at radius 3 is 2.50 bits per heavy atom. The van der Waals surface area contributed by atoms with E-state index in [4.69, 9.17) is 16.0 Å². The second-order valence-electron chi connectivity index (χ2n) is 6.61. The van der Waals surface area contributed by atoms with Crippen molar-refractivity contribution in [1.29, 1.82) is 0 Å². The van der Waals surface area contributed by atoms with Crippen molar-refractivity contribution in [1.82, 2.24) is 9.55 Å². The Hall–Kier alpha value is -3.90. The van der Waals surface area contributed by atoms with Crippen LogP contribution >= 0.6 is 11.6 Å². The van der Waals surface area contributed by atoms with Gasteiger partial charge in [-0.05, 0) is 42.0 Å². The Labute approximate surface area is 176 Å². The highest BCUT2D eigenvalue weighted by Gasteiger charge is 2.18. The molecule has 0 aliphatic rings. The van der Waals surface area contributed by atoms with Crippen LogP contribution in [0.5, 0.6) is 0 Å². The molecule has 2 heterocycles. The number of anilines is 1. The summed E-state index contributed by atoms with van der Waals surface area (Å²) in [5.41, 5.74) is 5.41. The van der Waals surface area contributed by atoms with E-state index < -0.39 is 0 Å². The first kappa shape index (κ1) is 18.1. The predicted molar refractivity (Wildman–Crippen MR) is 120 cm³/mol. The van der Waals surface area contributed by atoms with Crippen LogP contribution in [0.15, 0.2) is 93.2 Å². The molecule has 7 heteroatoms. The van der Waals surface area contributed by atoms with Crippen LogP contribution in [0.25, 0.3) is 27.8 Å². The number of para-hydroxylation sites is 2. The van der Waals surface area contributed by atoms with Crippen molar-refractivity contribution in [2.75, 3.05) is 5.43 Å². The normalized spacial score (nSPS) is 11.5. The number of hydrazone groups is 1. The number of fused-ring (bicyclic) bond motifs is 3. The van der Waals surface area contributed by atoms with Gasteiger partial charge in [0.2, 0.25) is 11.5 Å². The molecule has 146 valence electrons. The summed E-state index contributed by atoms with van der Waals surface area (Å²) in [6.07, 6.45) is 1.63. The molecule has 30 heavy (non-hydrogen) atoms. The Balaban J connectivity index is 1.67. The number of nitrogens with zero attached hydrogens (tertiary/aromatic N) is 3. The third-order valence-electron chi connectivity index (χ3n) is 4.66. The zero-order valence-electron chi connectivity index (χ0n) is 15.6. The molecule has 0 amide bonds. The lowest BCUT2D eigenvalue weighted by atomic mass is 10.2. The van der Waals surface area contributed by atoms with Crippen LogP contribution < -0.4 is 11.0 Å². The number of hydrogen-bond donors (Lipinski definition) is 1. The van der Waals surface area contributed by atoms with Gasteiger partial charge in [0.25, 0.3) is 0 Å². The maximum absolute atomic E-state index is 13.3. The minimum atomic E-state index is -0.313. The van der Waals surface area contributed by atoms with Gasteiger partial charge in [-0.1, -0.05) is 54.1 Å². The van der Waals surface area contributed by atoms with E-state index >= 15 is 0 Å². The second kappa shape index (κ2) is 7.50. The molecular weight excluding hydrogens is 400 g/mol. The lowest BCUT2D eigenvalue weighted by molar-refractivity contribution is 0.657. The zero-order chi connectivity index (χ0) is 20.5. The van der Waals surface area contributed by atoms with E-state index in [1.54, 1.807) is 18.3 Å². The third kappa shape index (κ3) is 3.23. The van der Waals surface area contributed by atoms with Crippen LogP contribution in [0.1, 0.15) is 5.56 Å². The molecule has 0 radical (unpaired) electrons. The van der Waals surface area contributed by atoms with Gasteiger partial charge in [0.15, 0.2) is 0 Å². The predicted octanol–water partition coefficient (Wildman–Crippen LogP) is 5.23. The van der Waals surface area contributed by atoms with E-state index in [1.807, 2.05) is 66.7 Å². The highest BCUT2D eigenvalue weighted by Crippen LogP contribution is 2.26. The first-order chi connectivity index (χ1) is 14.7. The molecule has 1 N–H and O–H groups in total. The summed E-state index contributed by atoms with van der Waals surface area (Å²) in [5, 5.41) is 5.69. The van der Waals surface area contributed by atoms with Crippen LogP contribution in [0.3, 0.4) is 0 Å². The summed E-state index contributed by atoms with van der Waals surface area (Å²) in [4.78, 5) is 18.0. The summed E-state index contributed by atoms with van der Waals surface area (Å²) in [6, 6.07) is 23.9. The van der Waals surface area contributed by atoms with Crippen molar-refractivity contribution in [3.05, 3.63) is 99.8 Å². The zero-order valence-corrected chi connectivity index (χ0v) is 16.4. The van der Waals surface area contributed by atoms with Crippen LogP contribution in [0.2, 0.25) is 5.02 Å². The summed E-state index contributed by atoms with van der Waals surface area (Å²) in [6.45, 7) is 0. The van der Waals surface area contributed by atoms with Gasteiger partial charge in [0.05, 0.1) is 11.9 Å². The van der Waals surface area contributed by atoms with Crippen molar-refractivity contribution < 1.29 is 4.42 Å². The number of aromatic nitrogens is 2. The van der Waals surface area contributed by atoms with Gasteiger partial charge in [-0.25, -0.2) is 15.0 Å². The molecule has 0 bridgehead atoms. The third-order valence-corrected chi connectivity index (χ3v) is 4.91. The first-order valence-corrected chi connectivity index (χ1v) is 9.63. The van der Waals surface area contributed by atoms with Gasteiger partial charge in [0, 0.05) is 10.4 Å². The maximum Gasteiger partial charge on any atom is 0.303 e. The van der Waals surface area contributed by atoms with E-state index in [0.717, 1.165) is 10.9 Å². The van der Waals surface area contributed by atoms with Crippen molar-refractivity contribution in [3.8, 4) is 5.69 Å². The number of hydrogen-bond acceptors (Lipinski definition) is 5. The Kier molecular flexibility index (Phi) is 4.53. The second-order valence-corrected chi connectivity index (χ2v) is 7.05. The molecule has 0 aliphatic heterocycles. The number of halogens is 1. The topological polar surface area (TPSA) is 72.4 Å². The van der Waals surface area contributed by atoms with Crippen molar-refractivity contribution in [2.24, 2.45) is 5.10 Å². The molecule has 0 fully saturated rings. The Bertz CT molecular complexity index is 1440. The highest BCUT2D eigenvalue weighted by atomic mass is 35.5. The molecule has 0 spiro atoms. The average molecular weight is 415 g/mol. The van der Waals surface area contributed by atoms with Gasteiger partial charge in [-0.3, -0.25) is 4.79 Å². The summed E-state index contributed by atoms with van der Waals surface area (Å²) >= 11 is 5.92. The lowest BCUT2D eigenvalue weighted by Gasteiger charge is -2.11. The SMILES string of the molecule is O=c1c2oc3ccccc3c2nc(N/N=C/c2ccc(Cl)cc2)n1-c1ccccc1. The standard InChI is InChI=1S/C23H15ClN4O2/c24-16-12-10-15(11-13-16)14-25-27-23-26-20-18-8-4-5-9-19(18)30-21(20)22(29)28(23)17-6-2-1-3-7-17/h1-14H,(H,26,27)/b25-14+. The first-order valence-electron chi connectivity index (χ1n) is 9.25. The summed E-state index contributed by atoms with van der Waals surface area (Å²) in [7, 11) is 0. The monoisotopic (exact) mass is 414 g/mol. The van der Waals surface area contributed by atoms with Crippen LogP contribution in [-0.2, 0) is 0 Å². The minimum absolute atomic E-state index is 0.201. The quantitative estimate of drug-likeness (QED) is 0.323. The van der Waals surface area contributed by atoms with Crippen molar-refractivity contribution in [3.63, 3.8) is 0 Å².